The second-order valence-corrected chi connectivity index (χ2v) is 9.19. The number of carbonyl (C=O) groups is 1. The van der Waals surface area contributed by atoms with Crippen molar-refractivity contribution in [3.05, 3.63) is 45.2 Å². The number of nitrogens with zero attached hydrogens (tertiary/aromatic N) is 1. The molecule has 0 aliphatic rings. The van der Waals surface area contributed by atoms with E-state index in [9.17, 15) is 13.2 Å². The van der Waals surface area contributed by atoms with Gasteiger partial charge in [-0.2, -0.15) is 4.31 Å². The number of likely N-dealkylation sites (N-methyl/N-ethyl adjacent to an activating group) is 1. The summed E-state index contributed by atoms with van der Waals surface area (Å²) in [5.41, 5.74) is 0.581. The summed E-state index contributed by atoms with van der Waals surface area (Å²) in [4.78, 5) is 12.0. The minimum Gasteiger partial charge on any atom is -0.324 e. The van der Waals surface area contributed by atoms with Crippen LogP contribution in [-0.2, 0) is 14.8 Å². The molecule has 0 atom stereocenters. The van der Waals surface area contributed by atoms with Gasteiger partial charge in [0, 0.05) is 11.5 Å². The van der Waals surface area contributed by atoms with Gasteiger partial charge in [0.2, 0.25) is 5.91 Å². The summed E-state index contributed by atoms with van der Waals surface area (Å²) < 4.78 is 26.8. The van der Waals surface area contributed by atoms with Gasteiger partial charge in [0.05, 0.1) is 16.6 Å². The minimum atomic E-state index is -3.72. The summed E-state index contributed by atoms with van der Waals surface area (Å²) in [6.07, 6.45) is 0. The number of rotatable bonds is 5. The number of amides is 1. The summed E-state index contributed by atoms with van der Waals surface area (Å²) in [5, 5.41) is 2.66. The van der Waals surface area contributed by atoms with E-state index >= 15 is 0 Å². The monoisotopic (exact) mass is 422 g/mol. The smallest absolute Gasteiger partial charge is 0.252 e. The molecule has 9 heteroatoms. The van der Waals surface area contributed by atoms with Gasteiger partial charge in [-0.15, -0.1) is 11.3 Å². The molecule has 1 N–H and O–H groups in total. The zero-order chi connectivity index (χ0) is 16.3. The molecule has 1 heterocycles. The van der Waals surface area contributed by atoms with E-state index in [1.54, 1.807) is 18.2 Å². The fraction of sp³-hybridized carbons (Fsp3) is 0.154. The van der Waals surface area contributed by atoms with Gasteiger partial charge in [-0.25, -0.2) is 8.42 Å². The molecular weight excluding hydrogens is 412 g/mol. The number of benzene rings is 1. The maximum Gasteiger partial charge on any atom is 0.252 e. The van der Waals surface area contributed by atoms with E-state index < -0.39 is 15.9 Å². The van der Waals surface area contributed by atoms with Crippen molar-refractivity contribution in [1.82, 2.24) is 4.31 Å². The van der Waals surface area contributed by atoms with Crippen LogP contribution in [0.1, 0.15) is 0 Å². The second-order valence-electron chi connectivity index (χ2n) is 4.35. The highest BCUT2D eigenvalue weighted by molar-refractivity contribution is 9.10. The first-order valence-corrected chi connectivity index (χ1v) is 9.49. The molecular formula is C13H12BrClN2O3S2. The van der Waals surface area contributed by atoms with Gasteiger partial charge < -0.3 is 5.32 Å². The van der Waals surface area contributed by atoms with Gasteiger partial charge in [0.25, 0.3) is 10.0 Å². The maximum atomic E-state index is 12.3. The van der Waals surface area contributed by atoms with Crippen LogP contribution in [0.15, 0.2) is 45.1 Å². The molecule has 0 aliphatic carbocycles. The number of hydrogen-bond acceptors (Lipinski definition) is 4. The van der Waals surface area contributed by atoms with Crippen LogP contribution in [-0.4, -0.2) is 32.2 Å². The molecule has 0 saturated carbocycles. The first kappa shape index (κ1) is 17.4. The lowest BCUT2D eigenvalue weighted by Crippen LogP contribution is -2.34. The Hall–Kier alpha value is -0.930. The van der Waals surface area contributed by atoms with Crippen LogP contribution in [0.25, 0.3) is 0 Å². The molecule has 0 radical (unpaired) electrons. The summed E-state index contributed by atoms with van der Waals surface area (Å²) in [6.45, 7) is -0.292. The van der Waals surface area contributed by atoms with E-state index in [0.717, 1.165) is 20.1 Å². The number of anilines is 1. The predicted molar refractivity (Wildman–Crippen MR) is 91.9 cm³/mol. The Morgan fingerprint density at radius 2 is 2.00 bits per heavy atom. The van der Waals surface area contributed by atoms with Crippen molar-refractivity contribution in [1.29, 1.82) is 0 Å². The van der Waals surface area contributed by atoms with Crippen molar-refractivity contribution < 1.29 is 13.2 Å². The molecule has 0 bridgehead atoms. The molecule has 1 aromatic carbocycles. The quantitative estimate of drug-likeness (QED) is 0.801. The highest BCUT2D eigenvalue weighted by Crippen LogP contribution is 2.27. The lowest BCUT2D eigenvalue weighted by molar-refractivity contribution is -0.116. The lowest BCUT2D eigenvalue weighted by Gasteiger charge is -2.16. The standard InChI is InChI=1S/C13H12BrClN2O3S2/c1-17(22(19,20)13-7-6-11(15)21-13)8-12(18)16-10-5-3-2-4-9(10)14/h2-7H,8H2,1H3,(H,16,18). The molecule has 22 heavy (non-hydrogen) atoms. The summed E-state index contributed by atoms with van der Waals surface area (Å²) in [6, 6.07) is 10.0. The zero-order valence-electron chi connectivity index (χ0n) is 11.4. The van der Waals surface area contributed by atoms with Crippen LogP contribution >= 0.6 is 38.9 Å². The fourth-order valence-corrected chi connectivity index (χ4v) is 4.83. The average Bonchev–Trinajstić information content (AvgIpc) is 2.88. The highest BCUT2D eigenvalue weighted by Gasteiger charge is 2.24. The molecule has 2 rings (SSSR count). The first-order chi connectivity index (χ1) is 10.3. The van der Waals surface area contributed by atoms with E-state index in [2.05, 4.69) is 21.2 Å². The van der Waals surface area contributed by atoms with Crippen LogP contribution < -0.4 is 5.32 Å². The Balaban J connectivity index is 2.07. The summed E-state index contributed by atoms with van der Waals surface area (Å²) in [7, 11) is -2.37. The Bertz CT molecular complexity index is 792. The van der Waals surface area contributed by atoms with Crippen LogP contribution in [0.2, 0.25) is 4.34 Å². The number of para-hydroxylation sites is 1. The van der Waals surface area contributed by atoms with Gasteiger partial charge in [-0.05, 0) is 40.2 Å². The van der Waals surface area contributed by atoms with Gasteiger partial charge in [-0.3, -0.25) is 4.79 Å². The van der Waals surface area contributed by atoms with E-state index in [0.29, 0.717) is 10.0 Å². The van der Waals surface area contributed by atoms with Crippen LogP contribution in [0.4, 0.5) is 5.69 Å². The molecule has 1 aromatic heterocycles. The summed E-state index contributed by atoms with van der Waals surface area (Å²) >= 11 is 10.0. The first-order valence-electron chi connectivity index (χ1n) is 6.07. The molecule has 2 aromatic rings. The topological polar surface area (TPSA) is 66.5 Å². The number of halogens is 2. The Morgan fingerprint density at radius 3 is 2.59 bits per heavy atom. The lowest BCUT2D eigenvalue weighted by atomic mass is 10.3. The number of hydrogen-bond donors (Lipinski definition) is 1. The highest BCUT2D eigenvalue weighted by atomic mass is 79.9. The molecule has 0 unspecified atom stereocenters. The van der Waals surface area contributed by atoms with Crippen LogP contribution in [0, 0.1) is 0 Å². The van der Waals surface area contributed by atoms with Gasteiger partial charge in [0.15, 0.2) is 0 Å². The molecule has 0 aliphatic heterocycles. The normalized spacial score (nSPS) is 11.6. The third-order valence-corrected chi connectivity index (χ3v) is 6.92. The van der Waals surface area contributed by atoms with Crippen molar-refractivity contribution in [3.63, 3.8) is 0 Å². The average molecular weight is 424 g/mol. The molecule has 118 valence electrons. The van der Waals surface area contributed by atoms with Crippen molar-refractivity contribution in [2.45, 2.75) is 4.21 Å². The number of sulfonamides is 1. The van der Waals surface area contributed by atoms with E-state index in [-0.39, 0.29) is 10.8 Å². The molecule has 5 nitrogen and oxygen atoms in total. The van der Waals surface area contributed by atoms with Crippen LogP contribution in [0.5, 0.6) is 0 Å². The van der Waals surface area contributed by atoms with Crippen LogP contribution in [0.3, 0.4) is 0 Å². The SMILES string of the molecule is CN(CC(=O)Nc1ccccc1Br)S(=O)(=O)c1ccc(Cl)s1. The van der Waals surface area contributed by atoms with Crippen molar-refractivity contribution in [2.75, 3.05) is 18.9 Å². The maximum absolute atomic E-state index is 12.3. The van der Waals surface area contributed by atoms with Gasteiger partial charge in [0.1, 0.15) is 4.21 Å². The molecule has 0 saturated heterocycles. The van der Waals surface area contributed by atoms with Gasteiger partial charge >= 0.3 is 0 Å². The van der Waals surface area contributed by atoms with E-state index in [1.807, 2.05) is 6.07 Å². The second kappa shape index (κ2) is 7.10. The molecule has 0 fully saturated rings. The fourth-order valence-electron chi connectivity index (χ4n) is 1.63. The Labute approximate surface area is 146 Å². The Kier molecular flexibility index (Phi) is 5.62. The largest absolute Gasteiger partial charge is 0.324 e. The Morgan fingerprint density at radius 1 is 1.32 bits per heavy atom. The van der Waals surface area contributed by atoms with E-state index in [4.69, 9.17) is 11.6 Å². The van der Waals surface area contributed by atoms with Gasteiger partial charge in [-0.1, -0.05) is 23.7 Å². The molecule has 1 amide bonds. The molecule has 0 spiro atoms. The number of nitrogens with one attached hydrogen (secondary N) is 1. The third kappa shape index (κ3) is 4.08. The number of thiophene rings is 1. The van der Waals surface area contributed by atoms with Crippen molar-refractivity contribution in [3.8, 4) is 0 Å². The van der Waals surface area contributed by atoms with Crippen molar-refractivity contribution >= 4 is 60.5 Å². The third-order valence-electron chi connectivity index (χ3n) is 2.73. The van der Waals surface area contributed by atoms with E-state index in [1.165, 1.54) is 19.2 Å². The minimum absolute atomic E-state index is 0.105. The van der Waals surface area contributed by atoms with Crippen molar-refractivity contribution in [2.24, 2.45) is 0 Å². The number of carbonyl (C=O) groups excluding carboxylic acids is 1. The summed E-state index contributed by atoms with van der Waals surface area (Å²) in [5.74, 6) is -0.430. The predicted octanol–water partition coefficient (Wildman–Crippen LogP) is 3.42. The zero-order valence-corrected chi connectivity index (χ0v) is 15.4.